The number of anilines is 1. The summed E-state index contributed by atoms with van der Waals surface area (Å²) < 4.78 is 1.10. The van der Waals surface area contributed by atoms with Crippen LogP contribution in [-0.4, -0.2) is 17.8 Å². The molecule has 2 rings (SSSR count). The molecule has 1 aromatic carbocycles. The Morgan fingerprint density at radius 1 is 1.32 bits per heavy atom. The Morgan fingerprint density at radius 2 is 2.05 bits per heavy atom. The molecule has 0 fully saturated rings. The van der Waals surface area contributed by atoms with Crippen molar-refractivity contribution >= 4 is 33.4 Å². The molecule has 0 aliphatic carbocycles. The van der Waals surface area contributed by atoms with Crippen molar-refractivity contribution < 1.29 is 0 Å². The van der Waals surface area contributed by atoms with E-state index in [0.717, 1.165) is 21.5 Å². The number of nitrogen functional groups attached to an aromatic ring is 1. The second-order valence-corrected chi connectivity index (χ2v) is 6.12. The van der Waals surface area contributed by atoms with E-state index in [0.29, 0.717) is 0 Å². The van der Waals surface area contributed by atoms with Gasteiger partial charge >= 0.3 is 0 Å². The Morgan fingerprint density at radius 3 is 2.68 bits per heavy atom. The summed E-state index contributed by atoms with van der Waals surface area (Å²) in [5.41, 5.74) is 7.82. The van der Waals surface area contributed by atoms with Crippen molar-refractivity contribution in [3.63, 3.8) is 0 Å². The molecule has 1 aromatic heterocycles. The van der Waals surface area contributed by atoms with Crippen molar-refractivity contribution in [2.75, 3.05) is 18.5 Å². The summed E-state index contributed by atoms with van der Waals surface area (Å²) in [5.74, 6) is 0.911. The molecule has 0 aliphatic heterocycles. The largest absolute Gasteiger partial charge is 0.398 e. The summed E-state index contributed by atoms with van der Waals surface area (Å²) in [6.07, 6.45) is 3.55. The highest BCUT2D eigenvalue weighted by Crippen LogP contribution is 2.27. The third kappa shape index (κ3) is 3.96. The molecular formula is C14H16BrN3S. The number of pyridine rings is 1. The van der Waals surface area contributed by atoms with Gasteiger partial charge in [-0.1, -0.05) is 15.9 Å². The summed E-state index contributed by atoms with van der Waals surface area (Å²) in [4.78, 5) is 5.39. The van der Waals surface area contributed by atoms with Gasteiger partial charge in [-0.2, -0.15) is 0 Å². The van der Waals surface area contributed by atoms with E-state index in [4.69, 9.17) is 5.73 Å². The minimum Gasteiger partial charge on any atom is -0.398 e. The molecule has 0 aliphatic rings. The number of hydrogen-bond donors (Lipinski definition) is 2. The van der Waals surface area contributed by atoms with Gasteiger partial charge in [-0.05, 0) is 37.4 Å². The first-order valence-corrected chi connectivity index (χ1v) is 7.73. The third-order valence-corrected chi connectivity index (χ3v) is 4.48. The van der Waals surface area contributed by atoms with Crippen LogP contribution in [0.1, 0.15) is 11.6 Å². The number of rotatable bonds is 5. The third-order valence-electron chi connectivity index (χ3n) is 2.84. The number of thioether (sulfide) groups is 1. The molecule has 0 saturated heterocycles. The summed E-state index contributed by atoms with van der Waals surface area (Å²) in [5, 5.41) is 3.29. The first-order chi connectivity index (χ1) is 9.20. The van der Waals surface area contributed by atoms with Crippen LogP contribution in [0.5, 0.6) is 0 Å². The second-order valence-electron chi connectivity index (χ2n) is 4.11. The molecule has 0 spiro atoms. The molecule has 0 radical (unpaired) electrons. The van der Waals surface area contributed by atoms with E-state index in [2.05, 4.69) is 50.5 Å². The SMILES string of the molecule is CNC(CSc1ccc(Br)cc1)c1cnccc1N. The van der Waals surface area contributed by atoms with Crippen molar-refractivity contribution in [3.05, 3.63) is 52.8 Å². The highest BCUT2D eigenvalue weighted by atomic mass is 79.9. The normalized spacial score (nSPS) is 12.3. The molecule has 1 atom stereocenters. The van der Waals surface area contributed by atoms with Crippen LogP contribution in [0.15, 0.2) is 52.1 Å². The van der Waals surface area contributed by atoms with Gasteiger partial charge in [0.25, 0.3) is 0 Å². The molecule has 0 amide bonds. The summed E-state index contributed by atoms with van der Waals surface area (Å²) >= 11 is 5.24. The van der Waals surface area contributed by atoms with E-state index >= 15 is 0 Å². The van der Waals surface area contributed by atoms with Gasteiger partial charge in [0.05, 0.1) is 0 Å². The van der Waals surface area contributed by atoms with Crippen LogP contribution in [0, 0.1) is 0 Å². The van der Waals surface area contributed by atoms with E-state index in [1.165, 1.54) is 4.90 Å². The molecule has 2 aromatic rings. The number of hydrogen-bond acceptors (Lipinski definition) is 4. The van der Waals surface area contributed by atoms with E-state index in [9.17, 15) is 0 Å². The maximum atomic E-state index is 5.99. The van der Waals surface area contributed by atoms with Crippen molar-refractivity contribution in [2.45, 2.75) is 10.9 Å². The predicted octanol–water partition coefficient (Wildman–Crippen LogP) is 3.48. The fraction of sp³-hybridized carbons (Fsp3) is 0.214. The number of halogens is 1. The molecule has 100 valence electrons. The van der Waals surface area contributed by atoms with Gasteiger partial charge < -0.3 is 11.1 Å². The van der Waals surface area contributed by atoms with Crippen molar-refractivity contribution in [1.29, 1.82) is 0 Å². The standard InChI is InChI=1S/C14H16BrN3S/c1-17-14(12-8-18-7-6-13(12)16)9-19-11-4-2-10(15)3-5-11/h2-8,14,17H,9H2,1H3,(H2,16,18). The molecule has 1 unspecified atom stereocenters. The van der Waals surface area contributed by atoms with Crippen LogP contribution in [0.2, 0.25) is 0 Å². The van der Waals surface area contributed by atoms with Gasteiger partial charge in [-0.25, -0.2) is 0 Å². The van der Waals surface area contributed by atoms with Crippen LogP contribution in [0.4, 0.5) is 5.69 Å². The Hall–Kier alpha value is -1.04. The summed E-state index contributed by atoms with van der Waals surface area (Å²) in [6.45, 7) is 0. The fourth-order valence-corrected chi connectivity index (χ4v) is 3.05. The topological polar surface area (TPSA) is 50.9 Å². The molecule has 1 heterocycles. The lowest BCUT2D eigenvalue weighted by Gasteiger charge is -2.17. The predicted molar refractivity (Wildman–Crippen MR) is 85.3 cm³/mol. The van der Waals surface area contributed by atoms with E-state index in [1.807, 2.05) is 19.3 Å². The maximum Gasteiger partial charge on any atom is 0.0448 e. The number of benzene rings is 1. The van der Waals surface area contributed by atoms with Crippen molar-refractivity contribution in [2.24, 2.45) is 0 Å². The number of nitrogens with zero attached hydrogens (tertiary/aromatic N) is 1. The highest BCUT2D eigenvalue weighted by molar-refractivity contribution is 9.10. The summed E-state index contributed by atoms with van der Waals surface area (Å²) in [6, 6.07) is 10.3. The van der Waals surface area contributed by atoms with Crippen LogP contribution in [0.25, 0.3) is 0 Å². The number of nitrogens with two attached hydrogens (primary N) is 1. The molecule has 19 heavy (non-hydrogen) atoms. The van der Waals surface area contributed by atoms with Crippen molar-refractivity contribution in [1.82, 2.24) is 10.3 Å². The van der Waals surface area contributed by atoms with Crippen LogP contribution >= 0.6 is 27.7 Å². The van der Waals surface area contributed by atoms with Crippen molar-refractivity contribution in [3.8, 4) is 0 Å². The zero-order chi connectivity index (χ0) is 13.7. The molecule has 3 nitrogen and oxygen atoms in total. The minimum absolute atomic E-state index is 0.197. The fourth-order valence-electron chi connectivity index (χ4n) is 1.75. The molecule has 0 saturated carbocycles. The van der Waals surface area contributed by atoms with Crippen LogP contribution < -0.4 is 11.1 Å². The molecule has 5 heteroatoms. The Bertz CT molecular complexity index is 530. The maximum absolute atomic E-state index is 5.99. The Labute approximate surface area is 126 Å². The smallest absolute Gasteiger partial charge is 0.0448 e. The molecular weight excluding hydrogens is 322 g/mol. The minimum atomic E-state index is 0.197. The number of aromatic nitrogens is 1. The first-order valence-electron chi connectivity index (χ1n) is 5.95. The Balaban J connectivity index is 2.04. The van der Waals surface area contributed by atoms with Gasteiger partial charge in [0.15, 0.2) is 0 Å². The van der Waals surface area contributed by atoms with Gasteiger partial charge in [0.2, 0.25) is 0 Å². The molecule has 0 bridgehead atoms. The van der Waals surface area contributed by atoms with Gasteiger partial charge in [0, 0.05) is 44.8 Å². The average Bonchev–Trinajstić information content (AvgIpc) is 2.43. The quantitative estimate of drug-likeness (QED) is 0.820. The lowest BCUT2D eigenvalue weighted by Crippen LogP contribution is -2.20. The summed E-state index contributed by atoms with van der Waals surface area (Å²) in [7, 11) is 1.94. The van der Waals surface area contributed by atoms with Crippen LogP contribution in [0.3, 0.4) is 0 Å². The van der Waals surface area contributed by atoms with E-state index in [1.54, 1.807) is 18.0 Å². The number of nitrogens with one attached hydrogen (secondary N) is 1. The highest BCUT2D eigenvalue weighted by Gasteiger charge is 2.12. The lowest BCUT2D eigenvalue weighted by atomic mass is 10.1. The zero-order valence-electron chi connectivity index (χ0n) is 10.6. The van der Waals surface area contributed by atoms with E-state index < -0.39 is 0 Å². The lowest BCUT2D eigenvalue weighted by molar-refractivity contribution is 0.661. The monoisotopic (exact) mass is 337 g/mol. The second kappa shape index (κ2) is 6.93. The van der Waals surface area contributed by atoms with Gasteiger partial charge in [-0.3, -0.25) is 4.98 Å². The first kappa shape index (κ1) is 14.4. The Kier molecular flexibility index (Phi) is 5.24. The van der Waals surface area contributed by atoms with E-state index in [-0.39, 0.29) is 6.04 Å². The molecule has 3 N–H and O–H groups in total. The van der Waals surface area contributed by atoms with Crippen LogP contribution in [-0.2, 0) is 0 Å². The van der Waals surface area contributed by atoms with Gasteiger partial charge in [-0.15, -0.1) is 11.8 Å². The average molecular weight is 338 g/mol. The van der Waals surface area contributed by atoms with Gasteiger partial charge in [0.1, 0.15) is 0 Å². The zero-order valence-corrected chi connectivity index (χ0v) is 13.0.